The first kappa shape index (κ1) is 14.6. The molecule has 0 saturated carbocycles. The number of amides is 1. The number of fused-ring (bicyclic) bond motifs is 3. The van der Waals surface area contributed by atoms with Gasteiger partial charge < -0.3 is 10.3 Å². The second-order valence-electron chi connectivity index (χ2n) is 7.11. The molecule has 4 rings (SSSR count). The number of nitrogens with one attached hydrogen (secondary N) is 2. The van der Waals surface area contributed by atoms with Crippen molar-refractivity contribution in [2.75, 3.05) is 0 Å². The van der Waals surface area contributed by atoms with E-state index in [0.29, 0.717) is 12.3 Å². The van der Waals surface area contributed by atoms with Crippen LogP contribution >= 0.6 is 0 Å². The van der Waals surface area contributed by atoms with E-state index in [2.05, 4.69) is 47.6 Å². The molecule has 0 saturated heterocycles. The molecular formula is C20H24N2O. The molecule has 3 heteroatoms. The molecule has 2 aliphatic carbocycles. The lowest BCUT2D eigenvalue weighted by atomic mass is 9.91. The first-order valence-electron chi connectivity index (χ1n) is 8.75. The largest absolute Gasteiger partial charge is 0.358 e. The smallest absolute Gasteiger partial charge is 0.220 e. The van der Waals surface area contributed by atoms with Gasteiger partial charge in [0.05, 0.1) is 0 Å². The molecule has 2 atom stereocenters. The molecular weight excluding hydrogens is 284 g/mol. The predicted octanol–water partition coefficient (Wildman–Crippen LogP) is 3.81. The number of allylic oxidation sites excluding steroid dienone is 2. The average Bonchev–Trinajstić information content (AvgIpc) is 3.14. The molecule has 0 spiro atoms. The van der Waals surface area contributed by atoms with Crippen molar-refractivity contribution in [3.63, 3.8) is 0 Å². The number of rotatable bonds is 3. The van der Waals surface area contributed by atoms with E-state index in [1.807, 2.05) is 0 Å². The van der Waals surface area contributed by atoms with Crippen molar-refractivity contribution < 1.29 is 4.79 Å². The maximum Gasteiger partial charge on any atom is 0.220 e. The van der Waals surface area contributed by atoms with Crippen LogP contribution in [0.5, 0.6) is 0 Å². The summed E-state index contributed by atoms with van der Waals surface area (Å²) in [6.07, 6.45) is 10.3. The maximum atomic E-state index is 12.3. The fourth-order valence-corrected chi connectivity index (χ4v) is 4.04. The van der Waals surface area contributed by atoms with Crippen LogP contribution in [0.3, 0.4) is 0 Å². The maximum absolute atomic E-state index is 12.3. The number of benzene rings is 1. The highest BCUT2D eigenvalue weighted by Gasteiger charge is 2.24. The second-order valence-corrected chi connectivity index (χ2v) is 7.11. The fraction of sp³-hybridized carbons (Fsp3) is 0.450. The molecule has 0 unspecified atom stereocenters. The third-order valence-corrected chi connectivity index (χ3v) is 5.27. The minimum Gasteiger partial charge on any atom is -0.358 e. The predicted molar refractivity (Wildman–Crippen MR) is 93.5 cm³/mol. The Morgan fingerprint density at radius 3 is 3.09 bits per heavy atom. The Morgan fingerprint density at radius 1 is 1.35 bits per heavy atom. The van der Waals surface area contributed by atoms with Crippen molar-refractivity contribution in [2.45, 2.75) is 51.5 Å². The van der Waals surface area contributed by atoms with Crippen LogP contribution in [0.1, 0.15) is 42.5 Å². The molecule has 0 radical (unpaired) electrons. The lowest BCUT2D eigenvalue weighted by Gasteiger charge is -2.24. The van der Waals surface area contributed by atoms with Crippen LogP contribution in [0.2, 0.25) is 0 Å². The lowest BCUT2D eigenvalue weighted by molar-refractivity contribution is -0.122. The SMILES string of the molecule is Cc1ccc2[nH]c3c(c2c1)C[C@H](NC(=O)C[C@H]1C=CCC1)CC3. The van der Waals surface area contributed by atoms with E-state index < -0.39 is 0 Å². The molecule has 3 nitrogen and oxygen atoms in total. The summed E-state index contributed by atoms with van der Waals surface area (Å²) in [6.45, 7) is 2.13. The highest BCUT2D eigenvalue weighted by Crippen LogP contribution is 2.30. The molecule has 0 aliphatic heterocycles. The van der Waals surface area contributed by atoms with Crippen LogP contribution in [-0.4, -0.2) is 16.9 Å². The number of hydrogen-bond donors (Lipinski definition) is 2. The number of H-pyrrole nitrogens is 1. The minimum atomic E-state index is 0.214. The Hall–Kier alpha value is -2.03. The van der Waals surface area contributed by atoms with Gasteiger partial charge in [0.1, 0.15) is 0 Å². The Labute approximate surface area is 137 Å². The van der Waals surface area contributed by atoms with Crippen molar-refractivity contribution in [3.05, 3.63) is 47.2 Å². The number of carbonyl (C=O) groups excluding carboxylic acids is 1. The summed E-state index contributed by atoms with van der Waals surface area (Å²) in [6, 6.07) is 6.86. The highest BCUT2D eigenvalue weighted by molar-refractivity contribution is 5.86. The Bertz CT molecular complexity index is 771. The topological polar surface area (TPSA) is 44.9 Å². The third-order valence-electron chi connectivity index (χ3n) is 5.27. The lowest BCUT2D eigenvalue weighted by Crippen LogP contribution is -2.39. The zero-order valence-electron chi connectivity index (χ0n) is 13.7. The van der Waals surface area contributed by atoms with Crippen molar-refractivity contribution in [1.82, 2.24) is 10.3 Å². The number of aryl methyl sites for hydroxylation is 2. The van der Waals surface area contributed by atoms with Gasteiger partial charge in [-0.2, -0.15) is 0 Å². The molecule has 1 aromatic carbocycles. The van der Waals surface area contributed by atoms with Crippen LogP contribution in [0.25, 0.3) is 10.9 Å². The van der Waals surface area contributed by atoms with Gasteiger partial charge in [-0.25, -0.2) is 0 Å². The second kappa shape index (κ2) is 5.88. The van der Waals surface area contributed by atoms with Crippen LogP contribution in [0.15, 0.2) is 30.4 Å². The summed E-state index contributed by atoms with van der Waals surface area (Å²) in [5, 5.41) is 4.60. The number of aromatic nitrogens is 1. The van der Waals surface area contributed by atoms with E-state index in [-0.39, 0.29) is 11.9 Å². The molecule has 120 valence electrons. The van der Waals surface area contributed by atoms with Crippen molar-refractivity contribution in [3.8, 4) is 0 Å². The number of hydrogen-bond acceptors (Lipinski definition) is 1. The Balaban J connectivity index is 1.47. The van der Waals surface area contributed by atoms with E-state index in [1.165, 1.54) is 27.7 Å². The van der Waals surface area contributed by atoms with Crippen LogP contribution in [0.4, 0.5) is 0 Å². The third kappa shape index (κ3) is 2.92. The minimum absolute atomic E-state index is 0.214. The molecule has 2 N–H and O–H groups in total. The normalized spacial score (nSPS) is 23.2. The van der Waals surface area contributed by atoms with Crippen LogP contribution < -0.4 is 5.32 Å². The van der Waals surface area contributed by atoms with Gasteiger partial charge in [-0.05, 0) is 62.6 Å². The number of aromatic amines is 1. The van der Waals surface area contributed by atoms with Gasteiger partial charge in [0.2, 0.25) is 5.91 Å². The first-order chi connectivity index (χ1) is 11.2. The molecule has 23 heavy (non-hydrogen) atoms. The zero-order chi connectivity index (χ0) is 15.8. The quantitative estimate of drug-likeness (QED) is 0.832. The van der Waals surface area contributed by atoms with E-state index in [4.69, 9.17) is 0 Å². The Morgan fingerprint density at radius 2 is 2.26 bits per heavy atom. The fourth-order valence-electron chi connectivity index (χ4n) is 4.04. The summed E-state index contributed by atoms with van der Waals surface area (Å²) in [5.41, 5.74) is 5.28. The van der Waals surface area contributed by atoms with Gasteiger partial charge in [-0.3, -0.25) is 4.79 Å². The summed E-state index contributed by atoms with van der Waals surface area (Å²) in [5.74, 6) is 0.663. The molecule has 1 heterocycles. The molecule has 0 bridgehead atoms. The zero-order valence-corrected chi connectivity index (χ0v) is 13.7. The van der Waals surface area contributed by atoms with Crippen molar-refractivity contribution in [2.24, 2.45) is 5.92 Å². The number of carbonyl (C=O) groups is 1. The molecule has 1 amide bonds. The van der Waals surface area contributed by atoms with Crippen LogP contribution in [0, 0.1) is 12.8 Å². The van der Waals surface area contributed by atoms with Crippen molar-refractivity contribution in [1.29, 1.82) is 0 Å². The summed E-state index contributed by atoms with van der Waals surface area (Å²) < 4.78 is 0. The summed E-state index contributed by atoms with van der Waals surface area (Å²) >= 11 is 0. The van der Waals surface area contributed by atoms with Gasteiger partial charge >= 0.3 is 0 Å². The van der Waals surface area contributed by atoms with Crippen molar-refractivity contribution >= 4 is 16.8 Å². The molecule has 2 aromatic rings. The van der Waals surface area contributed by atoms with E-state index in [1.54, 1.807) is 0 Å². The standard InChI is InChI=1S/C20H24N2O/c1-13-6-8-18-16(10-13)17-12-15(7-9-19(17)22-18)21-20(23)11-14-4-2-3-5-14/h2,4,6,8,10,14-15,22H,3,5,7,9,11-12H2,1H3,(H,21,23)/t14-,15+/m0/s1. The summed E-state index contributed by atoms with van der Waals surface area (Å²) in [4.78, 5) is 15.8. The first-order valence-corrected chi connectivity index (χ1v) is 8.75. The van der Waals surface area contributed by atoms with Crippen LogP contribution in [-0.2, 0) is 17.6 Å². The van der Waals surface area contributed by atoms with Gasteiger partial charge in [-0.1, -0.05) is 23.8 Å². The van der Waals surface area contributed by atoms with Gasteiger partial charge in [0.25, 0.3) is 0 Å². The molecule has 0 fully saturated rings. The monoisotopic (exact) mass is 308 g/mol. The van der Waals surface area contributed by atoms with Gasteiger partial charge in [-0.15, -0.1) is 0 Å². The van der Waals surface area contributed by atoms with E-state index in [0.717, 1.165) is 32.1 Å². The summed E-state index contributed by atoms with van der Waals surface area (Å²) in [7, 11) is 0. The van der Waals surface area contributed by atoms with Gasteiger partial charge in [0, 0.05) is 29.1 Å². The molecule has 1 aromatic heterocycles. The Kier molecular flexibility index (Phi) is 3.72. The average molecular weight is 308 g/mol. The highest BCUT2D eigenvalue weighted by atomic mass is 16.1. The molecule has 2 aliphatic rings. The van der Waals surface area contributed by atoms with Gasteiger partial charge in [0.15, 0.2) is 0 Å². The van der Waals surface area contributed by atoms with E-state index in [9.17, 15) is 4.79 Å². The van der Waals surface area contributed by atoms with E-state index >= 15 is 0 Å².